The lowest BCUT2D eigenvalue weighted by Gasteiger charge is -2.30. The smallest absolute Gasteiger partial charge is 0.257 e. The van der Waals surface area contributed by atoms with Crippen LogP contribution in [0.15, 0.2) is 36.8 Å². The summed E-state index contributed by atoms with van der Waals surface area (Å²) in [5, 5.41) is 11.8. The number of amides is 1. The maximum atomic E-state index is 14.5. The molecule has 0 unspecified atom stereocenters. The van der Waals surface area contributed by atoms with Gasteiger partial charge in [-0.3, -0.25) is 9.48 Å². The number of imidazole rings is 1. The van der Waals surface area contributed by atoms with Crippen LogP contribution >= 0.6 is 0 Å². The summed E-state index contributed by atoms with van der Waals surface area (Å²) in [6.07, 6.45) is 5.32. The molecule has 1 aliphatic rings. The van der Waals surface area contributed by atoms with Crippen LogP contribution in [0.5, 0.6) is 0 Å². The molecule has 1 saturated heterocycles. The zero-order valence-electron chi connectivity index (χ0n) is 19.5. The molecule has 2 N–H and O–H groups in total. The van der Waals surface area contributed by atoms with E-state index < -0.39 is 5.82 Å². The number of carbonyl (C=O) groups excluding carboxylic acids is 1. The average Bonchev–Trinajstić information content (AvgIpc) is 3.41. The van der Waals surface area contributed by atoms with Crippen LogP contribution in [0.3, 0.4) is 0 Å². The molecule has 1 amide bonds. The minimum atomic E-state index is -0.497. The molecule has 0 saturated carbocycles. The fraction of sp³-hybridized carbons (Fsp3) is 0.375. The van der Waals surface area contributed by atoms with Crippen molar-refractivity contribution < 1.29 is 13.9 Å². The number of nitrogens with zero attached hydrogens (tertiary/aromatic N) is 5. The first-order valence-corrected chi connectivity index (χ1v) is 11.4. The summed E-state index contributed by atoms with van der Waals surface area (Å²) >= 11 is 0. The Morgan fingerprint density at radius 3 is 2.82 bits per heavy atom. The molecule has 1 aromatic carbocycles. The van der Waals surface area contributed by atoms with Gasteiger partial charge in [-0.05, 0) is 26.0 Å². The quantitative estimate of drug-likeness (QED) is 0.455. The number of rotatable bonds is 6. The number of hydrogen-bond acceptors (Lipinski definition) is 6. The first kappa shape index (κ1) is 22.3. The lowest BCUT2D eigenvalue weighted by atomic mass is 10.1. The molecule has 0 spiro atoms. The number of pyridine rings is 1. The molecule has 9 nitrogen and oxygen atoms in total. The van der Waals surface area contributed by atoms with Crippen molar-refractivity contribution in [3.63, 3.8) is 0 Å². The molecule has 178 valence electrons. The number of ether oxygens (including phenoxy) is 1. The lowest BCUT2D eigenvalue weighted by molar-refractivity contribution is 0.100. The third kappa shape index (κ3) is 4.22. The van der Waals surface area contributed by atoms with E-state index in [1.807, 2.05) is 23.9 Å². The van der Waals surface area contributed by atoms with Gasteiger partial charge in [-0.25, -0.2) is 9.37 Å². The van der Waals surface area contributed by atoms with Crippen molar-refractivity contribution in [1.29, 1.82) is 0 Å². The number of methoxy groups -OCH3 is 1. The van der Waals surface area contributed by atoms with Crippen molar-refractivity contribution in [2.75, 3.05) is 43.5 Å². The number of fused-ring (bicyclic) bond motifs is 2. The van der Waals surface area contributed by atoms with Crippen LogP contribution in [0, 0.1) is 12.7 Å². The Kier molecular flexibility index (Phi) is 5.93. The monoisotopic (exact) mass is 465 g/mol. The molecule has 34 heavy (non-hydrogen) atoms. The van der Waals surface area contributed by atoms with E-state index in [0.29, 0.717) is 29.0 Å². The highest BCUT2D eigenvalue weighted by Crippen LogP contribution is 2.30. The highest BCUT2D eigenvalue weighted by Gasteiger charge is 2.21. The molecular weight excluding hydrogens is 437 g/mol. The number of aryl methyl sites for hydroxylation is 1. The standard InChI is InChI=1S/C24H28FN7O2/c1-15-11-31-13-17(10-20(25)23(31)27-15)28-24(33)18-4-5-21(30-8-6-26-7-9-30)19-14-32(29-22(18)19)12-16(2)34-3/h4-5,10-11,13-14,16,26H,6-9,12H2,1-3H3,(H,28,33)/t16-/m1/s1. The van der Waals surface area contributed by atoms with Gasteiger partial charge in [0.25, 0.3) is 5.91 Å². The van der Waals surface area contributed by atoms with Gasteiger partial charge in [-0.2, -0.15) is 5.10 Å². The predicted molar refractivity (Wildman–Crippen MR) is 129 cm³/mol. The van der Waals surface area contributed by atoms with E-state index in [2.05, 4.69) is 20.5 Å². The van der Waals surface area contributed by atoms with Crippen molar-refractivity contribution in [2.24, 2.45) is 0 Å². The Hall–Kier alpha value is -3.50. The Bertz CT molecular complexity index is 1360. The van der Waals surface area contributed by atoms with E-state index in [0.717, 1.165) is 37.3 Å². The van der Waals surface area contributed by atoms with Gasteiger partial charge in [-0.15, -0.1) is 0 Å². The van der Waals surface area contributed by atoms with Crippen LogP contribution in [0.4, 0.5) is 15.8 Å². The first-order valence-electron chi connectivity index (χ1n) is 11.4. The zero-order chi connectivity index (χ0) is 23.8. The van der Waals surface area contributed by atoms with Gasteiger partial charge < -0.3 is 24.7 Å². The highest BCUT2D eigenvalue weighted by atomic mass is 19.1. The second-order valence-corrected chi connectivity index (χ2v) is 8.67. The minimum Gasteiger partial charge on any atom is -0.380 e. The number of halogens is 1. The number of hydrogen-bond donors (Lipinski definition) is 2. The van der Waals surface area contributed by atoms with Crippen molar-refractivity contribution >= 4 is 33.8 Å². The van der Waals surface area contributed by atoms with Gasteiger partial charge in [0.2, 0.25) is 0 Å². The van der Waals surface area contributed by atoms with E-state index >= 15 is 0 Å². The normalized spacial score (nSPS) is 15.2. The van der Waals surface area contributed by atoms with Gasteiger partial charge in [0.1, 0.15) is 5.52 Å². The van der Waals surface area contributed by atoms with E-state index in [1.165, 1.54) is 6.07 Å². The molecule has 4 aromatic rings. The van der Waals surface area contributed by atoms with Crippen molar-refractivity contribution in [3.8, 4) is 0 Å². The molecule has 0 aliphatic carbocycles. The number of nitrogens with one attached hydrogen (secondary N) is 2. The summed E-state index contributed by atoms with van der Waals surface area (Å²) in [6.45, 7) is 7.89. The van der Waals surface area contributed by atoms with Gasteiger partial charge in [0.15, 0.2) is 11.5 Å². The van der Waals surface area contributed by atoms with Crippen LogP contribution in [0.2, 0.25) is 0 Å². The maximum Gasteiger partial charge on any atom is 0.257 e. The van der Waals surface area contributed by atoms with Gasteiger partial charge in [0.05, 0.1) is 29.6 Å². The summed E-state index contributed by atoms with van der Waals surface area (Å²) in [7, 11) is 1.66. The van der Waals surface area contributed by atoms with Crippen LogP contribution in [-0.4, -0.2) is 64.5 Å². The summed E-state index contributed by atoms with van der Waals surface area (Å²) in [5.41, 5.74) is 3.36. The molecule has 0 radical (unpaired) electrons. The van der Waals surface area contributed by atoms with Gasteiger partial charge in [-0.1, -0.05) is 0 Å². The summed E-state index contributed by atoms with van der Waals surface area (Å²) in [6, 6.07) is 5.05. The van der Waals surface area contributed by atoms with E-state index in [9.17, 15) is 9.18 Å². The number of piperazine rings is 1. The fourth-order valence-electron chi connectivity index (χ4n) is 4.38. The molecular formula is C24H28FN7O2. The van der Waals surface area contributed by atoms with Crippen LogP contribution in [-0.2, 0) is 11.3 Å². The first-order chi connectivity index (χ1) is 16.4. The number of aromatic nitrogens is 4. The molecule has 1 fully saturated rings. The summed E-state index contributed by atoms with van der Waals surface area (Å²) < 4.78 is 23.3. The SMILES string of the molecule is CO[C@H](C)Cn1cc2c(N3CCNCC3)ccc(C(=O)Nc3cc(F)c4nc(C)cn4c3)c2n1. The largest absolute Gasteiger partial charge is 0.380 e. The predicted octanol–water partition coefficient (Wildman–Crippen LogP) is 2.83. The Morgan fingerprint density at radius 2 is 2.06 bits per heavy atom. The Balaban J connectivity index is 1.52. The maximum absolute atomic E-state index is 14.5. The second kappa shape index (κ2) is 9.03. The molecule has 5 rings (SSSR count). The highest BCUT2D eigenvalue weighted by molar-refractivity contribution is 6.13. The molecule has 10 heteroatoms. The molecule has 4 heterocycles. The van der Waals surface area contributed by atoms with E-state index in [1.54, 1.807) is 36.9 Å². The zero-order valence-corrected chi connectivity index (χ0v) is 19.5. The van der Waals surface area contributed by atoms with Crippen LogP contribution < -0.4 is 15.5 Å². The summed E-state index contributed by atoms with van der Waals surface area (Å²) in [4.78, 5) is 19.8. The van der Waals surface area contributed by atoms with Gasteiger partial charge in [0, 0.05) is 69.0 Å². The van der Waals surface area contributed by atoms with Crippen molar-refractivity contribution in [1.82, 2.24) is 24.5 Å². The summed E-state index contributed by atoms with van der Waals surface area (Å²) in [5.74, 6) is -0.847. The number of anilines is 2. The lowest BCUT2D eigenvalue weighted by Crippen LogP contribution is -2.43. The van der Waals surface area contributed by atoms with Crippen molar-refractivity contribution in [2.45, 2.75) is 26.5 Å². The topological polar surface area (TPSA) is 88.7 Å². The number of benzene rings is 1. The molecule has 0 bridgehead atoms. The van der Waals surface area contributed by atoms with E-state index in [-0.39, 0.29) is 17.7 Å². The number of carbonyl (C=O) groups is 1. The van der Waals surface area contributed by atoms with E-state index in [4.69, 9.17) is 9.84 Å². The Labute approximate surface area is 196 Å². The van der Waals surface area contributed by atoms with Gasteiger partial charge >= 0.3 is 0 Å². The third-order valence-electron chi connectivity index (χ3n) is 6.13. The van der Waals surface area contributed by atoms with Crippen molar-refractivity contribution in [3.05, 3.63) is 53.9 Å². The average molecular weight is 466 g/mol. The van der Waals surface area contributed by atoms with Crippen LogP contribution in [0.1, 0.15) is 23.0 Å². The van der Waals surface area contributed by atoms with Crippen LogP contribution in [0.25, 0.3) is 16.6 Å². The molecule has 1 atom stereocenters. The molecule has 3 aromatic heterocycles. The molecule has 1 aliphatic heterocycles. The fourth-order valence-corrected chi connectivity index (χ4v) is 4.38. The third-order valence-corrected chi connectivity index (χ3v) is 6.13. The minimum absolute atomic E-state index is 0.0254. The Morgan fingerprint density at radius 1 is 1.26 bits per heavy atom. The second-order valence-electron chi connectivity index (χ2n) is 8.67.